The highest BCUT2D eigenvalue weighted by molar-refractivity contribution is 5.74. The van der Waals surface area contributed by atoms with Crippen LogP contribution in [0.25, 0.3) is 0 Å². The molecule has 2 amide bonds. The van der Waals surface area contributed by atoms with Gasteiger partial charge in [-0.3, -0.25) is 4.79 Å². The number of urea groups is 1. The summed E-state index contributed by atoms with van der Waals surface area (Å²) in [6, 6.07) is 0.180. The maximum absolute atomic E-state index is 12.6. The first-order chi connectivity index (χ1) is 10.2. The zero-order valence-corrected chi connectivity index (χ0v) is 12.7. The summed E-state index contributed by atoms with van der Waals surface area (Å²) < 4.78 is 0. The summed E-state index contributed by atoms with van der Waals surface area (Å²) in [5, 5.41) is 11.6. The van der Waals surface area contributed by atoms with E-state index in [1.807, 2.05) is 9.80 Å². The number of piperidine rings is 1. The van der Waals surface area contributed by atoms with E-state index < -0.39 is 5.97 Å². The van der Waals surface area contributed by atoms with Gasteiger partial charge >= 0.3 is 12.0 Å². The Bertz CT molecular complexity index is 354. The van der Waals surface area contributed by atoms with Crippen LogP contribution in [0.1, 0.15) is 38.5 Å². The first kappa shape index (κ1) is 16.1. The minimum atomic E-state index is -0.830. The van der Waals surface area contributed by atoms with Crippen molar-refractivity contribution < 1.29 is 14.7 Å². The van der Waals surface area contributed by atoms with Crippen LogP contribution in [-0.2, 0) is 4.79 Å². The zero-order chi connectivity index (χ0) is 15.1. The molecule has 2 rings (SSSR count). The number of hydrogen-bond donors (Lipinski definition) is 2. The second-order valence-electron chi connectivity index (χ2n) is 6.16. The van der Waals surface area contributed by atoms with Gasteiger partial charge in [0.05, 0.1) is 6.54 Å². The van der Waals surface area contributed by atoms with Crippen LogP contribution in [0, 0.1) is 5.92 Å². The van der Waals surface area contributed by atoms with Crippen molar-refractivity contribution in [2.24, 2.45) is 5.92 Å². The fraction of sp³-hybridized carbons (Fsp3) is 0.867. The van der Waals surface area contributed by atoms with Crippen molar-refractivity contribution in [2.75, 3.05) is 39.3 Å². The molecular formula is C15H27N3O3. The summed E-state index contributed by atoms with van der Waals surface area (Å²) in [5.41, 5.74) is 0. The van der Waals surface area contributed by atoms with Gasteiger partial charge < -0.3 is 20.2 Å². The van der Waals surface area contributed by atoms with Gasteiger partial charge in [0.15, 0.2) is 0 Å². The van der Waals surface area contributed by atoms with Crippen LogP contribution in [0.2, 0.25) is 0 Å². The Morgan fingerprint density at radius 2 is 1.67 bits per heavy atom. The summed E-state index contributed by atoms with van der Waals surface area (Å²) in [7, 11) is 0. The minimum absolute atomic E-state index is 0.00340. The zero-order valence-electron chi connectivity index (χ0n) is 12.7. The number of nitrogens with one attached hydrogen (secondary N) is 1. The molecule has 6 heteroatoms. The van der Waals surface area contributed by atoms with E-state index >= 15 is 0 Å². The molecule has 0 aromatic heterocycles. The lowest BCUT2D eigenvalue weighted by atomic mass is 9.98. The van der Waals surface area contributed by atoms with Crippen molar-refractivity contribution in [1.82, 2.24) is 15.1 Å². The quantitative estimate of drug-likeness (QED) is 0.822. The number of rotatable bonds is 4. The molecule has 0 saturated carbocycles. The molecule has 2 aliphatic heterocycles. The number of amides is 2. The van der Waals surface area contributed by atoms with Gasteiger partial charge in [-0.15, -0.1) is 0 Å². The van der Waals surface area contributed by atoms with E-state index in [0.29, 0.717) is 12.5 Å². The third-order valence-electron chi connectivity index (χ3n) is 4.38. The van der Waals surface area contributed by atoms with E-state index in [4.69, 9.17) is 5.11 Å². The highest BCUT2D eigenvalue weighted by Crippen LogP contribution is 2.19. The highest BCUT2D eigenvalue weighted by Gasteiger charge is 2.27. The molecule has 0 radical (unpaired) electrons. The van der Waals surface area contributed by atoms with E-state index in [1.165, 1.54) is 12.8 Å². The van der Waals surface area contributed by atoms with Crippen LogP contribution in [0.15, 0.2) is 0 Å². The fourth-order valence-electron chi connectivity index (χ4n) is 3.25. The summed E-state index contributed by atoms with van der Waals surface area (Å²) in [6.07, 6.45) is 6.76. The molecule has 2 saturated heterocycles. The van der Waals surface area contributed by atoms with Gasteiger partial charge in [0, 0.05) is 32.7 Å². The van der Waals surface area contributed by atoms with Crippen molar-refractivity contribution in [1.29, 1.82) is 0 Å². The van der Waals surface area contributed by atoms with Crippen molar-refractivity contribution in [3.05, 3.63) is 0 Å². The molecule has 0 spiro atoms. The third kappa shape index (κ3) is 5.19. The lowest BCUT2D eigenvalue weighted by Gasteiger charge is -2.36. The molecule has 6 nitrogen and oxygen atoms in total. The van der Waals surface area contributed by atoms with Crippen LogP contribution in [0.3, 0.4) is 0 Å². The maximum Gasteiger partial charge on any atom is 0.320 e. The molecule has 1 atom stereocenters. The van der Waals surface area contributed by atoms with Gasteiger partial charge in [0.25, 0.3) is 0 Å². The third-order valence-corrected chi connectivity index (χ3v) is 4.38. The molecule has 2 fully saturated rings. The van der Waals surface area contributed by atoms with Gasteiger partial charge in [-0.05, 0) is 31.6 Å². The van der Waals surface area contributed by atoms with Gasteiger partial charge in [0.2, 0.25) is 0 Å². The summed E-state index contributed by atoms with van der Waals surface area (Å²) in [6.45, 7) is 4.04. The molecule has 0 aromatic rings. The van der Waals surface area contributed by atoms with Gasteiger partial charge in [-0.2, -0.15) is 0 Å². The molecule has 2 N–H and O–H groups in total. The van der Waals surface area contributed by atoms with E-state index in [-0.39, 0.29) is 12.6 Å². The van der Waals surface area contributed by atoms with E-state index in [2.05, 4.69) is 5.32 Å². The van der Waals surface area contributed by atoms with Crippen LogP contribution in [0.5, 0.6) is 0 Å². The van der Waals surface area contributed by atoms with Gasteiger partial charge in [-0.1, -0.05) is 12.8 Å². The van der Waals surface area contributed by atoms with Crippen LogP contribution in [-0.4, -0.2) is 66.2 Å². The Hall–Kier alpha value is -1.30. The molecule has 21 heavy (non-hydrogen) atoms. The van der Waals surface area contributed by atoms with Crippen molar-refractivity contribution in [3.63, 3.8) is 0 Å². The summed E-state index contributed by atoms with van der Waals surface area (Å²) in [4.78, 5) is 27.1. The number of carboxylic acid groups (broad SMARTS) is 1. The molecule has 0 bridgehead atoms. The Balaban J connectivity index is 1.79. The first-order valence-corrected chi connectivity index (χ1v) is 8.13. The molecule has 0 aliphatic carbocycles. The van der Waals surface area contributed by atoms with Crippen molar-refractivity contribution in [3.8, 4) is 0 Å². The average molecular weight is 297 g/mol. The summed E-state index contributed by atoms with van der Waals surface area (Å²) >= 11 is 0. The average Bonchev–Trinajstić information content (AvgIpc) is 2.75. The lowest BCUT2D eigenvalue weighted by Crippen LogP contribution is -2.49. The molecule has 1 unspecified atom stereocenters. The number of hydrogen-bond acceptors (Lipinski definition) is 3. The standard InChI is InChI=1S/C15H27N3O3/c19-14(20)11-16-10-13-6-5-9-18(12-13)15(21)17-7-3-1-2-4-8-17/h13,16H,1-12H2,(H,19,20). The topological polar surface area (TPSA) is 72.9 Å². The normalized spacial score (nSPS) is 23.7. The van der Waals surface area contributed by atoms with Crippen molar-refractivity contribution in [2.45, 2.75) is 38.5 Å². The molecular weight excluding hydrogens is 270 g/mol. The predicted molar refractivity (Wildman–Crippen MR) is 80.2 cm³/mol. The largest absolute Gasteiger partial charge is 0.480 e. The van der Waals surface area contributed by atoms with E-state index in [9.17, 15) is 9.59 Å². The Morgan fingerprint density at radius 3 is 2.33 bits per heavy atom. The lowest BCUT2D eigenvalue weighted by molar-refractivity contribution is -0.136. The maximum atomic E-state index is 12.6. The molecule has 0 aromatic carbocycles. The minimum Gasteiger partial charge on any atom is -0.480 e. The number of carbonyl (C=O) groups is 2. The van der Waals surface area contributed by atoms with Crippen molar-refractivity contribution >= 4 is 12.0 Å². The number of carbonyl (C=O) groups excluding carboxylic acids is 1. The van der Waals surface area contributed by atoms with E-state index in [1.54, 1.807) is 0 Å². The molecule has 2 aliphatic rings. The van der Waals surface area contributed by atoms with Crippen LogP contribution in [0.4, 0.5) is 4.79 Å². The SMILES string of the molecule is O=C(O)CNCC1CCCN(C(=O)N2CCCCCC2)C1. The number of carboxylic acids is 1. The van der Waals surface area contributed by atoms with Crippen LogP contribution < -0.4 is 5.32 Å². The predicted octanol–water partition coefficient (Wildman–Crippen LogP) is 1.37. The van der Waals surface area contributed by atoms with Gasteiger partial charge in [0.1, 0.15) is 0 Å². The molecule has 120 valence electrons. The number of aliphatic carboxylic acids is 1. The Morgan fingerprint density at radius 1 is 1.00 bits per heavy atom. The Labute approximate surface area is 126 Å². The number of nitrogens with zero attached hydrogens (tertiary/aromatic N) is 2. The fourth-order valence-corrected chi connectivity index (χ4v) is 3.25. The second kappa shape index (κ2) is 8.22. The first-order valence-electron chi connectivity index (χ1n) is 8.13. The van der Waals surface area contributed by atoms with E-state index in [0.717, 1.165) is 51.9 Å². The smallest absolute Gasteiger partial charge is 0.320 e. The second-order valence-corrected chi connectivity index (χ2v) is 6.16. The highest BCUT2D eigenvalue weighted by atomic mass is 16.4. The van der Waals surface area contributed by atoms with Crippen LogP contribution >= 0.6 is 0 Å². The Kier molecular flexibility index (Phi) is 6.29. The van der Waals surface area contributed by atoms with Gasteiger partial charge in [-0.25, -0.2) is 4.79 Å². The number of likely N-dealkylation sites (tertiary alicyclic amines) is 2. The monoisotopic (exact) mass is 297 g/mol. The summed E-state index contributed by atoms with van der Waals surface area (Å²) in [5.74, 6) is -0.461. The molecule has 2 heterocycles.